The molecule has 0 radical (unpaired) electrons. The molecule has 0 aliphatic carbocycles. The normalized spacial score (nSPS) is 14.7. The number of benzene rings is 2. The standard InChI is InChI=1S/C21H24N6O/c1-26-11-13-27(14-12-26)21-24-20(15-22-25-21)23-18-7-9-19(10-8-18)28-16-17-5-3-2-4-6-17/h2-10,15H,11-14,16H2,1H3,(H,23,24,25). The van der Waals surface area contributed by atoms with Gasteiger partial charge in [-0.05, 0) is 36.9 Å². The minimum atomic E-state index is 0.553. The van der Waals surface area contributed by atoms with E-state index in [1.54, 1.807) is 6.20 Å². The lowest BCUT2D eigenvalue weighted by atomic mass is 10.2. The molecule has 144 valence electrons. The van der Waals surface area contributed by atoms with E-state index in [0.29, 0.717) is 18.4 Å². The van der Waals surface area contributed by atoms with Crippen molar-refractivity contribution in [3.8, 4) is 5.75 Å². The summed E-state index contributed by atoms with van der Waals surface area (Å²) in [5.74, 6) is 2.18. The van der Waals surface area contributed by atoms with E-state index >= 15 is 0 Å². The van der Waals surface area contributed by atoms with E-state index in [2.05, 4.69) is 49.5 Å². The summed E-state index contributed by atoms with van der Waals surface area (Å²) >= 11 is 0. The Kier molecular flexibility index (Phi) is 5.63. The van der Waals surface area contributed by atoms with Crippen LogP contribution in [0.4, 0.5) is 17.5 Å². The Morgan fingerprint density at radius 1 is 0.964 bits per heavy atom. The second-order valence-corrected chi connectivity index (χ2v) is 6.86. The second-order valence-electron chi connectivity index (χ2n) is 6.86. The van der Waals surface area contributed by atoms with E-state index in [-0.39, 0.29) is 0 Å². The van der Waals surface area contributed by atoms with Gasteiger partial charge < -0.3 is 19.9 Å². The van der Waals surface area contributed by atoms with Crippen molar-refractivity contribution < 1.29 is 4.74 Å². The third kappa shape index (κ3) is 4.75. The van der Waals surface area contributed by atoms with Crippen molar-refractivity contribution in [3.63, 3.8) is 0 Å². The van der Waals surface area contributed by atoms with Gasteiger partial charge in [0.25, 0.3) is 0 Å². The maximum atomic E-state index is 5.83. The number of likely N-dealkylation sites (N-methyl/N-ethyl adjacent to an activating group) is 1. The predicted molar refractivity (Wildman–Crippen MR) is 110 cm³/mol. The fourth-order valence-corrected chi connectivity index (χ4v) is 3.02. The summed E-state index contributed by atoms with van der Waals surface area (Å²) < 4.78 is 5.83. The van der Waals surface area contributed by atoms with Crippen LogP contribution in [0.25, 0.3) is 0 Å². The van der Waals surface area contributed by atoms with Crippen molar-refractivity contribution in [2.24, 2.45) is 0 Å². The third-order valence-electron chi connectivity index (χ3n) is 4.71. The number of hydrogen-bond acceptors (Lipinski definition) is 7. The largest absolute Gasteiger partial charge is 0.489 e. The topological polar surface area (TPSA) is 66.4 Å². The summed E-state index contributed by atoms with van der Waals surface area (Å²) in [5.41, 5.74) is 2.07. The van der Waals surface area contributed by atoms with Crippen LogP contribution < -0.4 is 15.0 Å². The van der Waals surface area contributed by atoms with Gasteiger partial charge in [-0.1, -0.05) is 30.3 Å². The number of piperazine rings is 1. The molecule has 1 saturated heterocycles. The zero-order chi connectivity index (χ0) is 19.2. The molecular formula is C21H24N6O. The molecule has 0 atom stereocenters. The monoisotopic (exact) mass is 376 g/mol. The van der Waals surface area contributed by atoms with Gasteiger partial charge in [0.05, 0.1) is 6.20 Å². The molecule has 1 aliphatic heterocycles. The van der Waals surface area contributed by atoms with Crippen molar-refractivity contribution in [2.45, 2.75) is 6.61 Å². The van der Waals surface area contributed by atoms with E-state index in [9.17, 15) is 0 Å². The molecule has 2 aromatic carbocycles. The number of nitrogens with zero attached hydrogens (tertiary/aromatic N) is 5. The maximum absolute atomic E-state index is 5.83. The van der Waals surface area contributed by atoms with E-state index in [4.69, 9.17) is 4.74 Å². The van der Waals surface area contributed by atoms with Gasteiger partial charge in [0, 0.05) is 31.9 Å². The highest BCUT2D eigenvalue weighted by Gasteiger charge is 2.17. The summed E-state index contributed by atoms with van der Waals surface area (Å²) in [5, 5.41) is 11.6. The van der Waals surface area contributed by atoms with E-state index in [1.165, 1.54) is 0 Å². The van der Waals surface area contributed by atoms with Crippen LogP contribution in [-0.4, -0.2) is 53.3 Å². The van der Waals surface area contributed by atoms with Crippen molar-refractivity contribution in [1.82, 2.24) is 20.1 Å². The summed E-state index contributed by atoms with van der Waals surface area (Å²) in [6.07, 6.45) is 1.64. The van der Waals surface area contributed by atoms with Gasteiger partial charge in [-0.15, -0.1) is 5.10 Å². The third-order valence-corrected chi connectivity index (χ3v) is 4.71. The summed E-state index contributed by atoms with van der Waals surface area (Å²) in [6.45, 7) is 4.39. The zero-order valence-electron chi connectivity index (χ0n) is 16.0. The van der Waals surface area contributed by atoms with Crippen LogP contribution in [0.3, 0.4) is 0 Å². The molecule has 1 aliphatic rings. The molecule has 1 fully saturated rings. The molecule has 0 bridgehead atoms. The highest BCUT2D eigenvalue weighted by molar-refractivity contribution is 5.57. The lowest BCUT2D eigenvalue weighted by molar-refractivity contribution is 0.306. The van der Waals surface area contributed by atoms with Crippen LogP contribution in [0.15, 0.2) is 60.8 Å². The fourth-order valence-electron chi connectivity index (χ4n) is 3.02. The number of hydrogen-bond donors (Lipinski definition) is 1. The summed E-state index contributed by atoms with van der Waals surface area (Å²) in [7, 11) is 2.13. The fraction of sp³-hybridized carbons (Fsp3) is 0.286. The Hall–Kier alpha value is -3.19. The molecule has 1 aromatic heterocycles. The van der Waals surface area contributed by atoms with Gasteiger partial charge in [0.15, 0.2) is 5.82 Å². The van der Waals surface area contributed by atoms with Crippen molar-refractivity contribution >= 4 is 17.5 Å². The predicted octanol–water partition coefficient (Wildman–Crippen LogP) is 2.95. The molecule has 7 heteroatoms. The molecule has 0 unspecified atom stereocenters. The maximum Gasteiger partial charge on any atom is 0.247 e. The molecule has 7 nitrogen and oxygen atoms in total. The number of anilines is 3. The van der Waals surface area contributed by atoms with Crippen LogP contribution in [-0.2, 0) is 6.61 Å². The second kappa shape index (κ2) is 8.67. The van der Waals surface area contributed by atoms with Gasteiger partial charge in [-0.3, -0.25) is 0 Å². The smallest absolute Gasteiger partial charge is 0.247 e. The SMILES string of the molecule is CN1CCN(c2nncc(Nc3ccc(OCc4ccccc4)cc3)n2)CC1. The lowest BCUT2D eigenvalue weighted by Crippen LogP contribution is -2.45. The van der Waals surface area contributed by atoms with Gasteiger partial charge in [-0.2, -0.15) is 10.1 Å². The number of rotatable bonds is 6. The van der Waals surface area contributed by atoms with Crippen LogP contribution in [0, 0.1) is 0 Å². The zero-order valence-corrected chi connectivity index (χ0v) is 16.0. The molecular weight excluding hydrogens is 352 g/mol. The van der Waals surface area contributed by atoms with Gasteiger partial charge in [0.2, 0.25) is 5.95 Å². The van der Waals surface area contributed by atoms with Gasteiger partial charge in [0.1, 0.15) is 12.4 Å². The van der Waals surface area contributed by atoms with Gasteiger partial charge in [-0.25, -0.2) is 0 Å². The van der Waals surface area contributed by atoms with Gasteiger partial charge >= 0.3 is 0 Å². The molecule has 2 heterocycles. The highest BCUT2D eigenvalue weighted by atomic mass is 16.5. The average Bonchev–Trinajstić information content (AvgIpc) is 2.75. The minimum absolute atomic E-state index is 0.553. The molecule has 1 N–H and O–H groups in total. The Bertz CT molecular complexity index is 879. The Balaban J connectivity index is 1.36. The first-order chi connectivity index (χ1) is 13.8. The van der Waals surface area contributed by atoms with Crippen LogP contribution in [0.1, 0.15) is 5.56 Å². The number of aromatic nitrogens is 3. The molecule has 0 amide bonds. The molecule has 0 saturated carbocycles. The first-order valence-corrected chi connectivity index (χ1v) is 9.43. The Morgan fingerprint density at radius 2 is 1.71 bits per heavy atom. The van der Waals surface area contributed by atoms with Crippen molar-refractivity contribution in [3.05, 3.63) is 66.4 Å². The molecule has 3 aromatic rings. The molecule has 4 rings (SSSR count). The first kappa shape index (κ1) is 18.2. The Labute approximate surface area is 165 Å². The summed E-state index contributed by atoms with van der Waals surface area (Å²) in [4.78, 5) is 9.07. The van der Waals surface area contributed by atoms with Crippen molar-refractivity contribution in [2.75, 3.05) is 43.4 Å². The lowest BCUT2D eigenvalue weighted by Gasteiger charge is -2.32. The van der Waals surface area contributed by atoms with E-state index in [0.717, 1.165) is 43.2 Å². The number of nitrogens with one attached hydrogen (secondary N) is 1. The van der Waals surface area contributed by atoms with Crippen LogP contribution in [0.5, 0.6) is 5.75 Å². The summed E-state index contributed by atoms with van der Waals surface area (Å²) in [6, 6.07) is 18.0. The van der Waals surface area contributed by atoms with Crippen LogP contribution >= 0.6 is 0 Å². The van der Waals surface area contributed by atoms with E-state index in [1.807, 2.05) is 42.5 Å². The molecule has 0 spiro atoms. The average molecular weight is 376 g/mol. The number of ether oxygens (including phenoxy) is 1. The Morgan fingerprint density at radius 3 is 2.46 bits per heavy atom. The van der Waals surface area contributed by atoms with E-state index < -0.39 is 0 Å². The molecule has 28 heavy (non-hydrogen) atoms. The van der Waals surface area contributed by atoms with Crippen molar-refractivity contribution in [1.29, 1.82) is 0 Å². The first-order valence-electron chi connectivity index (χ1n) is 9.43. The minimum Gasteiger partial charge on any atom is -0.489 e. The quantitative estimate of drug-likeness (QED) is 0.709. The van der Waals surface area contributed by atoms with Crippen LogP contribution in [0.2, 0.25) is 0 Å². The highest BCUT2D eigenvalue weighted by Crippen LogP contribution is 2.20.